The third kappa shape index (κ3) is 1.95. The topological polar surface area (TPSA) is 34.9 Å². The van der Waals surface area contributed by atoms with Gasteiger partial charge in [0.2, 0.25) is 0 Å². The molecule has 0 saturated carbocycles. The molecule has 94 valence electrons. The molecule has 5 heteroatoms. The standard InChI is InChI=1S/C13H13BrN2OS/c1-8(17)12-10-4-2-3-5-16(10)13(15-12)11-6-9(14)7-18-11/h6-7H,2-5H2,1H3. The number of hydrogen-bond acceptors (Lipinski definition) is 3. The molecule has 2 aromatic heterocycles. The number of thiophene rings is 1. The molecule has 2 aromatic rings. The van der Waals surface area contributed by atoms with Gasteiger partial charge in [0.15, 0.2) is 11.6 Å². The van der Waals surface area contributed by atoms with Crippen LogP contribution in [0.15, 0.2) is 15.9 Å². The minimum Gasteiger partial charge on any atom is -0.327 e. The fraction of sp³-hybridized carbons (Fsp3) is 0.385. The minimum absolute atomic E-state index is 0.0718. The van der Waals surface area contributed by atoms with Gasteiger partial charge in [-0.15, -0.1) is 11.3 Å². The summed E-state index contributed by atoms with van der Waals surface area (Å²) in [5.74, 6) is 1.02. The normalized spacial score (nSPS) is 14.6. The third-order valence-electron chi connectivity index (χ3n) is 3.24. The Balaban J connectivity index is 2.18. The third-order valence-corrected chi connectivity index (χ3v) is 4.93. The molecule has 3 rings (SSSR count). The van der Waals surface area contributed by atoms with Gasteiger partial charge in [0.1, 0.15) is 5.69 Å². The van der Waals surface area contributed by atoms with Crippen molar-refractivity contribution in [3.63, 3.8) is 0 Å². The Morgan fingerprint density at radius 3 is 3.00 bits per heavy atom. The highest BCUT2D eigenvalue weighted by molar-refractivity contribution is 9.10. The van der Waals surface area contributed by atoms with Crippen LogP contribution < -0.4 is 0 Å². The quantitative estimate of drug-likeness (QED) is 0.785. The first-order valence-electron chi connectivity index (χ1n) is 6.01. The van der Waals surface area contributed by atoms with E-state index in [1.807, 2.05) is 5.38 Å². The van der Waals surface area contributed by atoms with E-state index < -0.39 is 0 Å². The van der Waals surface area contributed by atoms with Crippen molar-refractivity contribution in [1.82, 2.24) is 9.55 Å². The van der Waals surface area contributed by atoms with Crippen LogP contribution in [-0.2, 0) is 13.0 Å². The summed E-state index contributed by atoms with van der Waals surface area (Å²) in [6.45, 7) is 2.58. The van der Waals surface area contributed by atoms with Crippen LogP contribution in [0.3, 0.4) is 0 Å². The molecule has 0 N–H and O–H groups in total. The second-order valence-corrected chi connectivity index (χ2v) is 6.35. The van der Waals surface area contributed by atoms with Gasteiger partial charge in [0, 0.05) is 29.0 Å². The molecule has 18 heavy (non-hydrogen) atoms. The van der Waals surface area contributed by atoms with Crippen LogP contribution in [0.1, 0.15) is 35.9 Å². The predicted octanol–water partition coefficient (Wildman–Crippen LogP) is 3.91. The first-order chi connectivity index (χ1) is 8.66. The second kappa shape index (κ2) is 4.63. The summed E-state index contributed by atoms with van der Waals surface area (Å²) in [6, 6.07) is 2.07. The van der Waals surface area contributed by atoms with Crippen LogP contribution in [0.25, 0.3) is 10.7 Å². The van der Waals surface area contributed by atoms with Crippen LogP contribution in [-0.4, -0.2) is 15.3 Å². The van der Waals surface area contributed by atoms with Gasteiger partial charge in [0.25, 0.3) is 0 Å². The number of fused-ring (bicyclic) bond motifs is 1. The van der Waals surface area contributed by atoms with Crippen molar-refractivity contribution in [2.24, 2.45) is 0 Å². The zero-order valence-electron chi connectivity index (χ0n) is 10.1. The number of carbonyl (C=O) groups excluding carboxylic acids is 1. The lowest BCUT2D eigenvalue weighted by atomic mass is 10.1. The van der Waals surface area contributed by atoms with Gasteiger partial charge in [-0.3, -0.25) is 4.79 Å². The van der Waals surface area contributed by atoms with Gasteiger partial charge in [0.05, 0.1) is 4.88 Å². The molecule has 0 atom stereocenters. The van der Waals surface area contributed by atoms with Crippen LogP contribution in [0.5, 0.6) is 0 Å². The molecule has 0 unspecified atom stereocenters. The minimum atomic E-state index is 0.0718. The molecule has 1 aliphatic heterocycles. The van der Waals surface area contributed by atoms with Gasteiger partial charge >= 0.3 is 0 Å². The van der Waals surface area contributed by atoms with E-state index in [9.17, 15) is 4.79 Å². The Hall–Kier alpha value is -0.940. The molecule has 0 bridgehead atoms. The van der Waals surface area contributed by atoms with Gasteiger partial charge in [-0.1, -0.05) is 0 Å². The van der Waals surface area contributed by atoms with Crippen molar-refractivity contribution in [2.45, 2.75) is 32.7 Å². The molecule has 1 aliphatic rings. The number of carbonyl (C=O) groups is 1. The van der Waals surface area contributed by atoms with E-state index in [0.29, 0.717) is 5.69 Å². The molecular formula is C13H13BrN2OS. The van der Waals surface area contributed by atoms with Gasteiger partial charge in [-0.05, 0) is 41.3 Å². The Labute approximate surface area is 118 Å². The fourth-order valence-electron chi connectivity index (χ4n) is 2.44. The summed E-state index contributed by atoms with van der Waals surface area (Å²) in [5.41, 5.74) is 1.78. The van der Waals surface area contributed by atoms with E-state index in [1.54, 1.807) is 18.3 Å². The van der Waals surface area contributed by atoms with E-state index in [4.69, 9.17) is 0 Å². The molecule has 0 fully saturated rings. The number of halogens is 1. The number of ketones is 1. The Kier molecular flexibility index (Phi) is 3.11. The maximum absolute atomic E-state index is 11.7. The summed E-state index contributed by atoms with van der Waals surface area (Å²) >= 11 is 5.13. The Morgan fingerprint density at radius 1 is 1.50 bits per heavy atom. The van der Waals surface area contributed by atoms with Gasteiger partial charge in [-0.25, -0.2) is 4.98 Å². The number of Topliss-reactive ketones (excluding diaryl/α,β-unsaturated/α-hetero) is 1. The molecular weight excluding hydrogens is 312 g/mol. The largest absolute Gasteiger partial charge is 0.327 e. The summed E-state index contributed by atoms with van der Waals surface area (Å²) < 4.78 is 3.29. The summed E-state index contributed by atoms with van der Waals surface area (Å²) in [7, 11) is 0. The Bertz CT molecular complexity index is 615. The van der Waals surface area contributed by atoms with E-state index in [0.717, 1.165) is 40.3 Å². The molecule has 3 nitrogen and oxygen atoms in total. The van der Waals surface area contributed by atoms with Crippen molar-refractivity contribution in [3.8, 4) is 10.7 Å². The van der Waals surface area contributed by atoms with E-state index >= 15 is 0 Å². The zero-order chi connectivity index (χ0) is 12.7. The zero-order valence-corrected chi connectivity index (χ0v) is 12.5. The maximum Gasteiger partial charge on any atom is 0.179 e. The number of nitrogens with zero attached hydrogens (tertiary/aromatic N) is 2. The molecule has 0 saturated heterocycles. The van der Waals surface area contributed by atoms with Gasteiger partial charge < -0.3 is 4.57 Å². The van der Waals surface area contributed by atoms with Crippen molar-refractivity contribution in [3.05, 3.63) is 27.3 Å². The molecule has 0 aliphatic carbocycles. The SMILES string of the molecule is CC(=O)c1nc(-c2cc(Br)cs2)n2c1CCCC2. The molecule has 0 spiro atoms. The monoisotopic (exact) mass is 324 g/mol. The summed E-state index contributed by atoms with van der Waals surface area (Å²) in [5, 5.41) is 2.05. The lowest BCUT2D eigenvalue weighted by Gasteiger charge is -2.16. The van der Waals surface area contributed by atoms with Crippen LogP contribution >= 0.6 is 27.3 Å². The van der Waals surface area contributed by atoms with Crippen molar-refractivity contribution in [1.29, 1.82) is 0 Å². The number of imidazole rings is 1. The van der Waals surface area contributed by atoms with Crippen LogP contribution in [0, 0.1) is 0 Å². The van der Waals surface area contributed by atoms with Gasteiger partial charge in [-0.2, -0.15) is 0 Å². The van der Waals surface area contributed by atoms with E-state index in [2.05, 4.69) is 31.5 Å². The molecule has 0 aromatic carbocycles. The lowest BCUT2D eigenvalue weighted by molar-refractivity contribution is 0.101. The first kappa shape index (κ1) is 12.1. The second-order valence-electron chi connectivity index (χ2n) is 4.52. The summed E-state index contributed by atoms with van der Waals surface area (Å²) in [4.78, 5) is 17.4. The average Bonchev–Trinajstić information content (AvgIpc) is 2.92. The first-order valence-corrected chi connectivity index (χ1v) is 7.69. The van der Waals surface area contributed by atoms with Crippen molar-refractivity contribution >= 4 is 33.0 Å². The molecule has 3 heterocycles. The maximum atomic E-state index is 11.7. The molecule has 0 radical (unpaired) electrons. The average molecular weight is 325 g/mol. The Morgan fingerprint density at radius 2 is 2.33 bits per heavy atom. The lowest BCUT2D eigenvalue weighted by Crippen LogP contribution is -2.12. The van der Waals surface area contributed by atoms with Crippen molar-refractivity contribution < 1.29 is 4.79 Å². The van der Waals surface area contributed by atoms with E-state index in [-0.39, 0.29) is 5.78 Å². The summed E-state index contributed by atoms with van der Waals surface area (Å²) in [6.07, 6.45) is 3.29. The number of aromatic nitrogens is 2. The predicted molar refractivity (Wildman–Crippen MR) is 76.2 cm³/mol. The highest BCUT2D eigenvalue weighted by atomic mass is 79.9. The fourth-order valence-corrected chi connectivity index (χ4v) is 3.87. The van der Waals surface area contributed by atoms with Crippen LogP contribution in [0.4, 0.5) is 0 Å². The number of hydrogen-bond donors (Lipinski definition) is 0. The number of rotatable bonds is 2. The van der Waals surface area contributed by atoms with E-state index in [1.165, 1.54) is 6.42 Å². The van der Waals surface area contributed by atoms with Crippen LogP contribution in [0.2, 0.25) is 0 Å². The molecule has 0 amide bonds. The highest BCUT2D eigenvalue weighted by Crippen LogP contribution is 2.33. The van der Waals surface area contributed by atoms with Crippen molar-refractivity contribution in [2.75, 3.05) is 0 Å². The smallest absolute Gasteiger partial charge is 0.179 e. The highest BCUT2D eigenvalue weighted by Gasteiger charge is 2.23.